The van der Waals surface area contributed by atoms with Gasteiger partial charge in [-0.05, 0) is 36.4 Å². The lowest BCUT2D eigenvalue weighted by atomic mass is 10.1. The van der Waals surface area contributed by atoms with Gasteiger partial charge in [-0.25, -0.2) is 0 Å². The summed E-state index contributed by atoms with van der Waals surface area (Å²) in [6, 6.07) is 11.6. The molecule has 0 spiro atoms. The smallest absolute Gasteiger partial charge is 0.358 e. The van der Waals surface area contributed by atoms with E-state index < -0.39 is 29.5 Å². The number of aliphatic hydroxyl groups is 2. The molecule has 0 radical (unpaired) electrons. The monoisotopic (exact) mass is 441 g/mol. The van der Waals surface area contributed by atoms with E-state index in [4.69, 9.17) is 42.8 Å². The Bertz CT molecular complexity index is 863. The molecule has 0 aliphatic carbocycles. The van der Waals surface area contributed by atoms with Crippen molar-refractivity contribution in [3.8, 4) is 11.5 Å². The Labute approximate surface area is 175 Å². The zero-order valence-corrected chi connectivity index (χ0v) is 16.3. The predicted octanol–water partition coefficient (Wildman–Crippen LogP) is 2.45. The third-order valence-corrected chi connectivity index (χ3v) is 4.41. The van der Waals surface area contributed by atoms with E-state index in [2.05, 4.69) is 0 Å². The fourth-order valence-corrected chi connectivity index (χ4v) is 2.84. The highest BCUT2D eigenvalue weighted by Crippen LogP contribution is 2.25. The van der Waals surface area contributed by atoms with E-state index in [1.54, 1.807) is 24.3 Å². The van der Waals surface area contributed by atoms with Crippen LogP contribution in [0.2, 0.25) is 5.02 Å². The van der Waals surface area contributed by atoms with E-state index in [1.807, 2.05) is 0 Å². The first-order valence-corrected chi connectivity index (χ1v) is 9.15. The standard InChI is InChI=1S/C18H16ClNO8S/c19-10-1-5-13(6-2-10)27-18(29)28-16-15(22)14(21)9-25-17(16)26-12-7-3-11(4-8-12)20(23)24/h1-8,14-17,21-22H,9H2/t14-,15+,16-,17-/m1/s1. The molecule has 11 heteroatoms. The minimum absolute atomic E-state index is 0.109. The van der Waals surface area contributed by atoms with Crippen LogP contribution >= 0.6 is 23.8 Å². The molecule has 1 aliphatic heterocycles. The minimum Gasteiger partial charge on any atom is -0.461 e. The topological polar surface area (TPSA) is 121 Å². The number of thiocarbonyl (C=S) groups is 1. The summed E-state index contributed by atoms with van der Waals surface area (Å²) >= 11 is 10.9. The Hall–Kier alpha value is -2.50. The van der Waals surface area contributed by atoms with Gasteiger partial charge in [-0.2, -0.15) is 0 Å². The molecule has 1 heterocycles. The molecule has 4 atom stereocenters. The van der Waals surface area contributed by atoms with Crippen LogP contribution in [0, 0.1) is 10.1 Å². The molecule has 0 bridgehead atoms. The number of halogens is 1. The number of hydrogen-bond acceptors (Lipinski definition) is 9. The van der Waals surface area contributed by atoms with Gasteiger partial charge in [0.1, 0.15) is 23.7 Å². The summed E-state index contributed by atoms with van der Waals surface area (Å²) in [5, 5.41) is 31.1. The first-order valence-electron chi connectivity index (χ1n) is 8.36. The van der Waals surface area contributed by atoms with Crippen molar-refractivity contribution in [2.75, 3.05) is 6.61 Å². The Morgan fingerprint density at radius 3 is 2.38 bits per heavy atom. The van der Waals surface area contributed by atoms with Gasteiger partial charge in [0.2, 0.25) is 6.29 Å². The van der Waals surface area contributed by atoms with Crippen LogP contribution in [0.5, 0.6) is 11.5 Å². The van der Waals surface area contributed by atoms with Crippen LogP contribution in [0.15, 0.2) is 48.5 Å². The highest BCUT2D eigenvalue weighted by Gasteiger charge is 2.43. The summed E-state index contributed by atoms with van der Waals surface area (Å²) in [4.78, 5) is 10.2. The van der Waals surface area contributed by atoms with E-state index in [1.165, 1.54) is 24.3 Å². The van der Waals surface area contributed by atoms with Crippen molar-refractivity contribution >= 4 is 34.7 Å². The number of hydrogen-bond donors (Lipinski definition) is 2. The van der Waals surface area contributed by atoms with Crippen molar-refractivity contribution in [2.45, 2.75) is 24.6 Å². The van der Waals surface area contributed by atoms with E-state index in [-0.39, 0.29) is 23.3 Å². The molecule has 2 aromatic rings. The molecule has 154 valence electrons. The SMILES string of the molecule is O=[N+]([O-])c1ccc(O[C@H]2OC[C@@H](O)[C@H](O)[C@H]2OC(=S)Oc2ccc(Cl)cc2)cc1. The first-order chi connectivity index (χ1) is 13.8. The third-order valence-electron chi connectivity index (χ3n) is 3.98. The lowest BCUT2D eigenvalue weighted by Crippen LogP contribution is -2.56. The van der Waals surface area contributed by atoms with Crippen LogP contribution in [0.3, 0.4) is 0 Å². The highest BCUT2D eigenvalue weighted by molar-refractivity contribution is 7.79. The molecule has 3 rings (SSSR count). The second kappa shape index (κ2) is 9.33. The molecule has 9 nitrogen and oxygen atoms in total. The van der Waals surface area contributed by atoms with E-state index >= 15 is 0 Å². The van der Waals surface area contributed by atoms with Crippen molar-refractivity contribution in [3.63, 3.8) is 0 Å². The summed E-state index contributed by atoms with van der Waals surface area (Å²) in [7, 11) is 0. The maximum absolute atomic E-state index is 10.7. The van der Waals surface area contributed by atoms with Crippen LogP contribution in [0.25, 0.3) is 0 Å². The zero-order chi connectivity index (χ0) is 21.0. The van der Waals surface area contributed by atoms with Gasteiger partial charge in [0.15, 0.2) is 6.10 Å². The Kier molecular flexibility index (Phi) is 6.83. The lowest BCUT2D eigenvalue weighted by molar-refractivity contribution is -0.384. The first kappa shape index (κ1) is 21.2. The van der Waals surface area contributed by atoms with Gasteiger partial charge < -0.3 is 29.2 Å². The third kappa shape index (κ3) is 5.52. The Morgan fingerprint density at radius 1 is 1.14 bits per heavy atom. The average Bonchev–Trinajstić information content (AvgIpc) is 2.70. The van der Waals surface area contributed by atoms with Crippen molar-refractivity contribution in [1.29, 1.82) is 0 Å². The molecule has 1 fully saturated rings. The molecular formula is C18H16ClNO8S. The quantitative estimate of drug-likeness (QED) is 0.409. The molecule has 0 amide bonds. The number of nitrogens with zero attached hydrogens (tertiary/aromatic N) is 1. The van der Waals surface area contributed by atoms with Crippen LogP contribution in [-0.2, 0) is 9.47 Å². The maximum Gasteiger partial charge on any atom is 0.358 e. The molecule has 1 aliphatic rings. The molecule has 1 saturated heterocycles. The number of nitro benzene ring substituents is 1. The largest absolute Gasteiger partial charge is 0.461 e. The lowest BCUT2D eigenvalue weighted by Gasteiger charge is -2.37. The minimum atomic E-state index is -1.38. The highest BCUT2D eigenvalue weighted by atomic mass is 35.5. The number of rotatable bonds is 5. The van der Waals surface area contributed by atoms with E-state index in [9.17, 15) is 20.3 Å². The summed E-state index contributed by atoms with van der Waals surface area (Å²) < 4.78 is 21.8. The molecule has 2 N–H and O–H groups in total. The molecular weight excluding hydrogens is 426 g/mol. The van der Waals surface area contributed by atoms with Gasteiger partial charge in [0.05, 0.1) is 11.5 Å². The zero-order valence-electron chi connectivity index (χ0n) is 14.7. The van der Waals surface area contributed by atoms with Gasteiger partial charge >= 0.3 is 5.24 Å². The van der Waals surface area contributed by atoms with Crippen molar-refractivity contribution in [1.82, 2.24) is 0 Å². The number of aliphatic hydroxyl groups excluding tert-OH is 2. The fraction of sp³-hybridized carbons (Fsp3) is 0.278. The number of ether oxygens (including phenoxy) is 4. The average molecular weight is 442 g/mol. The fourth-order valence-electron chi connectivity index (χ4n) is 2.51. The molecule has 0 unspecified atom stereocenters. The van der Waals surface area contributed by atoms with Crippen LogP contribution in [-0.4, -0.2) is 51.6 Å². The Morgan fingerprint density at radius 2 is 1.76 bits per heavy atom. The van der Waals surface area contributed by atoms with Gasteiger partial charge in [0.25, 0.3) is 5.69 Å². The predicted molar refractivity (Wildman–Crippen MR) is 105 cm³/mol. The van der Waals surface area contributed by atoms with Gasteiger partial charge in [-0.1, -0.05) is 11.6 Å². The second-order valence-corrected chi connectivity index (χ2v) is 6.79. The van der Waals surface area contributed by atoms with Gasteiger partial charge in [-0.3, -0.25) is 10.1 Å². The van der Waals surface area contributed by atoms with Crippen LogP contribution in [0.1, 0.15) is 0 Å². The molecule has 2 aromatic carbocycles. The number of benzene rings is 2. The second-order valence-electron chi connectivity index (χ2n) is 6.02. The Balaban J connectivity index is 1.69. The number of non-ortho nitro benzene ring substituents is 1. The summed E-state index contributed by atoms with van der Waals surface area (Å²) in [6.45, 7) is -0.205. The number of nitro groups is 1. The van der Waals surface area contributed by atoms with Crippen LogP contribution in [0.4, 0.5) is 5.69 Å². The van der Waals surface area contributed by atoms with Gasteiger partial charge in [-0.15, -0.1) is 0 Å². The summed E-state index contributed by atoms with van der Waals surface area (Å²) in [5.74, 6) is 0.598. The molecule has 29 heavy (non-hydrogen) atoms. The summed E-state index contributed by atoms with van der Waals surface area (Å²) in [6.07, 6.45) is -4.97. The normalized spacial score (nSPS) is 23.8. The van der Waals surface area contributed by atoms with Crippen molar-refractivity contribution in [2.24, 2.45) is 0 Å². The van der Waals surface area contributed by atoms with E-state index in [0.717, 1.165) is 0 Å². The van der Waals surface area contributed by atoms with Gasteiger partial charge in [0, 0.05) is 29.4 Å². The van der Waals surface area contributed by atoms with E-state index in [0.29, 0.717) is 10.8 Å². The maximum atomic E-state index is 10.7. The van der Waals surface area contributed by atoms with Crippen molar-refractivity contribution in [3.05, 3.63) is 63.7 Å². The van der Waals surface area contributed by atoms with Crippen LogP contribution < -0.4 is 9.47 Å². The summed E-state index contributed by atoms with van der Waals surface area (Å²) in [5.41, 5.74) is -0.109. The molecule has 0 saturated carbocycles. The van der Waals surface area contributed by atoms with Crippen molar-refractivity contribution < 1.29 is 34.1 Å². The molecule has 0 aromatic heterocycles.